The highest BCUT2D eigenvalue weighted by Crippen LogP contribution is 2.55. The molecular weight excluding hydrogens is 506 g/mol. The summed E-state index contributed by atoms with van der Waals surface area (Å²) in [7, 11) is 6.73. The minimum Gasteiger partial charge on any atom is -0.508 e. The molecule has 1 fully saturated rings. The Morgan fingerprint density at radius 1 is 1.10 bits per heavy atom. The molecule has 0 radical (unpaired) electrons. The Kier molecular flexibility index (Phi) is 6.02. The molecule has 1 saturated carbocycles. The van der Waals surface area contributed by atoms with E-state index in [1.807, 2.05) is 19.0 Å². The van der Waals surface area contributed by atoms with Gasteiger partial charge in [0.2, 0.25) is 5.78 Å². The highest BCUT2D eigenvalue weighted by molar-refractivity contribution is 6.24. The van der Waals surface area contributed by atoms with Crippen LogP contribution >= 0.6 is 0 Å². The number of nitrogens with two attached hydrogens (primary N) is 1. The first-order chi connectivity index (χ1) is 18.3. The van der Waals surface area contributed by atoms with Gasteiger partial charge in [0.15, 0.2) is 11.4 Å². The van der Waals surface area contributed by atoms with Gasteiger partial charge >= 0.3 is 0 Å². The van der Waals surface area contributed by atoms with Gasteiger partial charge in [-0.15, -0.1) is 0 Å². The normalized spacial score (nSPS) is 26.6. The lowest BCUT2D eigenvalue weighted by atomic mass is 9.57. The maximum absolute atomic E-state index is 14.0. The van der Waals surface area contributed by atoms with Gasteiger partial charge in [0.25, 0.3) is 5.91 Å². The van der Waals surface area contributed by atoms with Gasteiger partial charge in [-0.2, -0.15) is 0 Å². The Labute approximate surface area is 224 Å². The van der Waals surface area contributed by atoms with E-state index in [9.17, 15) is 39.9 Å². The average molecular weight is 538 g/mol. The van der Waals surface area contributed by atoms with E-state index in [1.54, 1.807) is 32.3 Å². The fraction of sp³-hybridized carbons (Fsp3) is 0.393. The number of aromatic hydroxyl groups is 1. The molecule has 0 spiro atoms. The van der Waals surface area contributed by atoms with Crippen molar-refractivity contribution in [2.75, 3.05) is 33.1 Å². The first-order valence-electron chi connectivity index (χ1n) is 12.5. The number of amides is 1. The van der Waals surface area contributed by atoms with E-state index in [0.717, 1.165) is 0 Å². The molecule has 0 heterocycles. The third kappa shape index (κ3) is 3.43. The van der Waals surface area contributed by atoms with Gasteiger partial charge < -0.3 is 36.2 Å². The molecule has 3 aliphatic carbocycles. The zero-order chi connectivity index (χ0) is 28.7. The van der Waals surface area contributed by atoms with Crippen LogP contribution in [0.15, 0.2) is 35.1 Å². The van der Waals surface area contributed by atoms with Gasteiger partial charge in [-0.05, 0) is 50.0 Å². The van der Waals surface area contributed by atoms with Crippen molar-refractivity contribution >= 4 is 39.7 Å². The van der Waals surface area contributed by atoms with Gasteiger partial charge in [-0.25, -0.2) is 0 Å². The van der Waals surface area contributed by atoms with E-state index in [0.29, 0.717) is 27.6 Å². The van der Waals surface area contributed by atoms with E-state index >= 15 is 0 Å². The minimum atomic E-state index is -2.69. The number of hydrogen-bond donors (Lipinski definition) is 6. The Morgan fingerprint density at radius 3 is 2.33 bits per heavy atom. The topological polar surface area (TPSA) is 185 Å². The fourth-order valence-corrected chi connectivity index (χ4v) is 6.75. The smallest absolute Gasteiger partial charge is 0.255 e. The largest absolute Gasteiger partial charge is 0.508 e. The van der Waals surface area contributed by atoms with E-state index < -0.39 is 58.0 Å². The molecule has 11 heteroatoms. The standard InChI is InChI=1S/C28H31N3O8/c1-30(2)20-13-6-5-11(10-32)7-14(13)22(33)18-15(20)8-12-9-16-21(31(3)4)24(35)19(27(29)38)26(37)28(16,39)25(36)17(12)23(18)34/h5-7,12,16,21,32-34,37,39H,8-10H2,1-4H3,(H2,29,38)/t12-,16-,21-,28-/m0/s1. The molecule has 39 heavy (non-hydrogen) atoms. The molecule has 5 rings (SSSR count). The number of carbonyl (C=O) groups excluding carboxylic acids is 3. The van der Waals surface area contributed by atoms with Gasteiger partial charge in [0, 0.05) is 42.0 Å². The second kappa shape index (κ2) is 8.80. The highest BCUT2D eigenvalue weighted by atomic mass is 16.3. The van der Waals surface area contributed by atoms with Gasteiger partial charge in [0.1, 0.15) is 22.8 Å². The van der Waals surface area contributed by atoms with Crippen LogP contribution < -0.4 is 10.6 Å². The Morgan fingerprint density at radius 2 is 1.77 bits per heavy atom. The predicted octanol–water partition coefficient (Wildman–Crippen LogP) is 0.675. The van der Waals surface area contributed by atoms with Crippen molar-refractivity contribution < 1.29 is 39.9 Å². The van der Waals surface area contributed by atoms with Gasteiger partial charge in [-0.1, -0.05) is 12.1 Å². The lowest BCUT2D eigenvalue weighted by Gasteiger charge is -2.50. The molecule has 0 aromatic heterocycles. The van der Waals surface area contributed by atoms with E-state index in [1.165, 1.54) is 4.90 Å². The molecule has 0 aliphatic heterocycles. The average Bonchev–Trinajstić information content (AvgIpc) is 2.85. The molecule has 0 unspecified atom stereocenters. The third-order valence-electron chi connectivity index (χ3n) is 8.36. The van der Waals surface area contributed by atoms with E-state index in [-0.39, 0.29) is 36.3 Å². The van der Waals surface area contributed by atoms with Crippen LogP contribution in [-0.4, -0.2) is 87.7 Å². The number of benzene rings is 2. The Bertz CT molecular complexity index is 1540. The maximum Gasteiger partial charge on any atom is 0.255 e. The van der Waals surface area contributed by atoms with Gasteiger partial charge in [-0.3, -0.25) is 19.3 Å². The van der Waals surface area contributed by atoms with Crippen LogP contribution in [0.25, 0.3) is 16.5 Å². The summed E-state index contributed by atoms with van der Waals surface area (Å²) < 4.78 is 0. The zero-order valence-corrected chi connectivity index (χ0v) is 22.0. The molecule has 2 aromatic carbocycles. The summed E-state index contributed by atoms with van der Waals surface area (Å²) in [4.78, 5) is 42.7. The molecule has 7 N–H and O–H groups in total. The molecule has 3 aliphatic rings. The predicted molar refractivity (Wildman–Crippen MR) is 142 cm³/mol. The van der Waals surface area contributed by atoms with Crippen molar-refractivity contribution in [1.82, 2.24) is 4.90 Å². The number of hydrogen-bond acceptors (Lipinski definition) is 10. The number of aliphatic hydroxyl groups excluding tert-OH is 3. The molecule has 206 valence electrons. The van der Waals surface area contributed by atoms with Crippen LogP contribution in [0.1, 0.15) is 23.1 Å². The van der Waals surface area contributed by atoms with Crippen molar-refractivity contribution in [3.8, 4) is 5.75 Å². The number of nitrogens with zero attached hydrogens (tertiary/aromatic N) is 2. The van der Waals surface area contributed by atoms with Crippen molar-refractivity contribution in [3.05, 3.63) is 51.8 Å². The minimum absolute atomic E-state index is 0.0116. The number of Topliss-reactive ketones (excluding diaryl/α,β-unsaturated/α-hetero) is 2. The Hall–Kier alpha value is -3.93. The van der Waals surface area contributed by atoms with Crippen LogP contribution in [0.3, 0.4) is 0 Å². The summed E-state index contributed by atoms with van der Waals surface area (Å²) in [6, 6.07) is 3.96. The number of rotatable bonds is 4. The second-order valence-electron chi connectivity index (χ2n) is 10.9. The molecule has 0 saturated heterocycles. The van der Waals surface area contributed by atoms with Gasteiger partial charge in [0.05, 0.1) is 18.2 Å². The lowest BCUT2D eigenvalue weighted by molar-refractivity contribution is -0.153. The van der Waals surface area contributed by atoms with Crippen molar-refractivity contribution in [2.24, 2.45) is 17.6 Å². The summed E-state index contributed by atoms with van der Waals surface area (Å²) in [5, 5.41) is 56.3. The van der Waals surface area contributed by atoms with Crippen molar-refractivity contribution in [2.45, 2.75) is 31.1 Å². The number of likely N-dealkylation sites (N-methyl/N-ethyl adjacent to an activating group) is 1. The molecule has 1 amide bonds. The Balaban J connectivity index is 1.82. The van der Waals surface area contributed by atoms with E-state index in [2.05, 4.69) is 0 Å². The number of primary amides is 1. The quantitative estimate of drug-likeness (QED) is 0.303. The summed E-state index contributed by atoms with van der Waals surface area (Å²) in [6.45, 7) is -0.272. The summed E-state index contributed by atoms with van der Waals surface area (Å²) >= 11 is 0. The highest BCUT2D eigenvalue weighted by Gasteiger charge is 2.64. The lowest BCUT2D eigenvalue weighted by Crippen LogP contribution is -2.65. The number of ketones is 2. The second-order valence-corrected chi connectivity index (χ2v) is 10.9. The first kappa shape index (κ1) is 26.7. The van der Waals surface area contributed by atoms with Crippen LogP contribution in [0.4, 0.5) is 5.69 Å². The maximum atomic E-state index is 14.0. The molecule has 2 aromatic rings. The number of phenols is 1. The SMILES string of the molecule is CN(C)c1c2c(c(O)c3cc(CO)ccc13)C(O)=C1C(=O)[C@]3(O)C(O)=C(C(N)=O)C(=O)[C@@H](N(C)C)[C@@H]3C[C@@H]1C2. The van der Waals surface area contributed by atoms with Crippen LogP contribution in [0.5, 0.6) is 5.75 Å². The fourth-order valence-electron chi connectivity index (χ4n) is 6.75. The molecule has 4 atom stereocenters. The van der Waals surface area contributed by atoms with Crippen LogP contribution in [0.2, 0.25) is 0 Å². The van der Waals surface area contributed by atoms with Crippen LogP contribution in [0, 0.1) is 11.8 Å². The monoisotopic (exact) mass is 537 g/mol. The summed E-state index contributed by atoms with van der Waals surface area (Å²) in [5.41, 5.74) is 3.44. The van der Waals surface area contributed by atoms with E-state index in [4.69, 9.17) is 5.73 Å². The number of fused-ring (bicyclic) bond motifs is 4. The molecule has 0 bridgehead atoms. The number of anilines is 1. The third-order valence-corrected chi connectivity index (χ3v) is 8.36. The summed E-state index contributed by atoms with van der Waals surface area (Å²) in [5.74, 6) is -6.91. The number of phenolic OH excluding ortho intramolecular Hbond substituents is 1. The molecular formula is C28H31N3O8. The first-order valence-corrected chi connectivity index (χ1v) is 12.5. The molecule has 11 nitrogen and oxygen atoms in total. The number of aliphatic hydroxyl groups is 4. The van der Waals surface area contributed by atoms with Crippen LogP contribution in [-0.2, 0) is 27.4 Å². The zero-order valence-electron chi connectivity index (χ0n) is 22.0. The van der Waals surface area contributed by atoms with Crippen molar-refractivity contribution in [1.29, 1.82) is 0 Å². The van der Waals surface area contributed by atoms with Crippen molar-refractivity contribution in [3.63, 3.8) is 0 Å². The summed E-state index contributed by atoms with van der Waals surface area (Å²) in [6.07, 6.45) is 0.203. The number of carbonyl (C=O) groups is 3.